The number of nitrogens with zero attached hydrogens (tertiary/aromatic N) is 2. The standard InChI is InChI=1S/C7H7N2O2.3CH3.Sn/c1-9(7(10)11)6-4-2-3-5-8-6;;;;/h3-5H,1H3,(H,10,11);3*1H3;. The quantitative estimate of drug-likeness (QED) is 0.846. The average Bonchev–Trinajstić information content (AvgIpc) is 2.15. The van der Waals surface area contributed by atoms with Crippen LogP contribution in [0.3, 0.4) is 0 Å². The predicted octanol–water partition coefficient (Wildman–Crippen LogP) is 1.74. The Morgan fingerprint density at radius 3 is 2.53 bits per heavy atom. The minimum absolute atomic E-state index is 0.506. The maximum atomic E-state index is 10.8. The fourth-order valence-electron chi connectivity index (χ4n) is 1.17. The Bertz CT molecular complexity index is 374. The zero-order chi connectivity index (χ0) is 11.6. The molecule has 0 aliphatic heterocycles. The summed E-state index contributed by atoms with van der Waals surface area (Å²) in [5.74, 6) is 0.506. The Labute approximate surface area is 93.8 Å². The molecule has 0 radical (unpaired) electrons. The number of pyridine rings is 1. The van der Waals surface area contributed by atoms with Gasteiger partial charge in [0.15, 0.2) is 0 Å². The fraction of sp³-hybridized carbons (Fsp3) is 0.400. The molecule has 0 spiro atoms. The van der Waals surface area contributed by atoms with Crippen LogP contribution in [0, 0.1) is 0 Å². The molecule has 15 heavy (non-hydrogen) atoms. The van der Waals surface area contributed by atoms with Gasteiger partial charge in [0.05, 0.1) is 0 Å². The normalized spacial score (nSPS) is 11.2. The average molecular weight is 315 g/mol. The summed E-state index contributed by atoms with van der Waals surface area (Å²) in [5, 5.41) is 8.83. The molecule has 0 aliphatic rings. The zero-order valence-electron chi connectivity index (χ0n) is 9.48. The van der Waals surface area contributed by atoms with Crippen LogP contribution in [0.25, 0.3) is 0 Å². The number of carboxylic acid groups (broad SMARTS) is 1. The summed E-state index contributed by atoms with van der Waals surface area (Å²) in [6.45, 7) is 0. The van der Waals surface area contributed by atoms with Crippen molar-refractivity contribution in [3.8, 4) is 0 Å². The van der Waals surface area contributed by atoms with E-state index < -0.39 is 24.5 Å². The first-order chi connectivity index (χ1) is 6.82. The Morgan fingerprint density at radius 2 is 2.07 bits per heavy atom. The molecule has 0 atom stereocenters. The van der Waals surface area contributed by atoms with Gasteiger partial charge in [-0.15, -0.1) is 0 Å². The van der Waals surface area contributed by atoms with Gasteiger partial charge in [-0.05, 0) is 0 Å². The van der Waals surface area contributed by atoms with Gasteiger partial charge >= 0.3 is 93.8 Å². The van der Waals surface area contributed by atoms with Crippen molar-refractivity contribution in [1.82, 2.24) is 4.98 Å². The van der Waals surface area contributed by atoms with Gasteiger partial charge < -0.3 is 0 Å². The first-order valence-corrected chi connectivity index (χ1v) is 14.7. The molecular formula is C10H16N2O2Sn. The minimum atomic E-state index is -2.12. The second kappa shape index (κ2) is 4.38. The topological polar surface area (TPSA) is 53.4 Å². The van der Waals surface area contributed by atoms with Gasteiger partial charge in [-0.3, -0.25) is 0 Å². The van der Waals surface area contributed by atoms with Crippen LogP contribution in [0.5, 0.6) is 0 Å². The van der Waals surface area contributed by atoms with Crippen molar-refractivity contribution in [3.63, 3.8) is 0 Å². The first kappa shape index (κ1) is 12.3. The molecule has 0 saturated heterocycles. The summed E-state index contributed by atoms with van der Waals surface area (Å²) >= 11 is -2.12. The van der Waals surface area contributed by atoms with E-state index in [0.29, 0.717) is 5.82 Å². The monoisotopic (exact) mass is 316 g/mol. The Morgan fingerprint density at radius 1 is 1.47 bits per heavy atom. The van der Waals surface area contributed by atoms with Gasteiger partial charge in [0.2, 0.25) is 0 Å². The van der Waals surface area contributed by atoms with Gasteiger partial charge in [-0.25, -0.2) is 0 Å². The second-order valence-electron chi connectivity index (χ2n) is 4.49. The molecule has 0 bridgehead atoms. The third-order valence-electron chi connectivity index (χ3n) is 2.24. The molecule has 0 saturated carbocycles. The van der Waals surface area contributed by atoms with E-state index in [-0.39, 0.29) is 0 Å². The van der Waals surface area contributed by atoms with Gasteiger partial charge in [0.25, 0.3) is 0 Å². The Kier molecular flexibility index (Phi) is 3.59. The van der Waals surface area contributed by atoms with Crippen molar-refractivity contribution in [3.05, 3.63) is 18.3 Å². The third kappa shape index (κ3) is 3.09. The predicted molar refractivity (Wildman–Crippen MR) is 63.6 cm³/mol. The van der Waals surface area contributed by atoms with E-state index in [4.69, 9.17) is 5.11 Å². The van der Waals surface area contributed by atoms with Crippen LogP contribution in [0.1, 0.15) is 0 Å². The summed E-state index contributed by atoms with van der Waals surface area (Å²) in [4.78, 5) is 22.8. The van der Waals surface area contributed by atoms with Crippen molar-refractivity contribution in [1.29, 1.82) is 0 Å². The molecule has 0 aliphatic carbocycles. The molecular weight excluding hydrogens is 299 g/mol. The third-order valence-corrected chi connectivity index (χ3v) is 8.07. The van der Waals surface area contributed by atoms with Crippen molar-refractivity contribution in [2.45, 2.75) is 14.8 Å². The molecule has 0 fully saturated rings. The van der Waals surface area contributed by atoms with Gasteiger partial charge in [0.1, 0.15) is 0 Å². The van der Waals surface area contributed by atoms with E-state index in [1.807, 2.05) is 12.1 Å². The van der Waals surface area contributed by atoms with Crippen LogP contribution in [-0.4, -0.2) is 41.6 Å². The number of rotatable bonds is 2. The second-order valence-corrected chi connectivity index (χ2v) is 19.0. The number of anilines is 1. The number of amides is 1. The van der Waals surface area contributed by atoms with Crippen molar-refractivity contribution in [2.75, 3.05) is 11.9 Å². The van der Waals surface area contributed by atoms with Gasteiger partial charge in [0, 0.05) is 0 Å². The molecule has 5 heteroatoms. The van der Waals surface area contributed by atoms with Crippen molar-refractivity contribution >= 4 is 33.9 Å². The molecule has 1 aromatic rings. The SMILES string of the molecule is CN(C(=O)O)c1c[c]([Sn]([CH3])([CH3])[CH3])ccn1. The van der Waals surface area contributed by atoms with E-state index in [0.717, 1.165) is 4.90 Å². The number of hydrogen-bond acceptors (Lipinski definition) is 2. The summed E-state index contributed by atoms with van der Waals surface area (Å²) in [6.07, 6.45) is 0.704. The van der Waals surface area contributed by atoms with E-state index in [1.54, 1.807) is 6.20 Å². The Hall–Kier alpha value is -0.781. The van der Waals surface area contributed by atoms with Crippen molar-refractivity contribution < 1.29 is 9.90 Å². The number of aromatic nitrogens is 1. The van der Waals surface area contributed by atoms with Crippen molar-refractivity contribution in [2.24, 2.45) is 0 Å². The molecule has 4 nitrogen and oxygen atoms in total. The summed E-state index contributed by atoms with van der Waals surface area (Å²) in [5.41, 5.74) is 0. The van der Waals surface area contributed by atoms with Gasteiger partial charge in [-0.2, -0.15) is 0 Å². The van der Waals surface area contributed by atoms with Crippen LogP contribution in [0.2, 0.25) is 14.8 Å². The van der Waals surface area contributed by atoms with Crippen LogP contribution in [-0.2, 0) is 0 Å². The van der Waals surface area contributed by atoms with Crippen LogP contribution in [0.15, 0.2) is 18.3 Å². The molecule has 1 amide bonds. The van der Waals surface area contributed by atoms with Gasteiger partial charge in [-0.1, -0.05) is 0 Å². The molecule has 1 heterocycles. The van der Waals surface area contributed by atoms with E-state index in [2.05, 4.69) is 19.8 Å². The molecule has 0 unspecified atom stereocenters. The first-order valence-electron chi connectivity index (χ1n) is 4.75. The molecule has 0 aromatic carbocycles. The van der Waals surface area contributed by atoms with E-state index >= 15 is 0 Å². The number of hydrogen-bond donors (Lipinski definition) is 1. The molecule has 1 rings (SSSR count). The summed E-state index contributed by atoms with van der Waals surface area (Å²) in [7, 11) is 1.51. The summed E-state index contributed by atoms with van der Waals surface area (Å²) < 4.78 is 1.28. The van der Waals surface area contributed by atoms with E-state index in [9.17, 15) is 4.79 Å². The molecule has 1 N–H and O–H groups in total. The summed E-state index contributed by atoms with van der Waals surface area (Å²) in [6, 6.07) is 3.89. The number of carbonyl (C=O) groups is 1. The van der Waals surface area contributed by atoms with E-state index in [1.165, 1.54) is 10.6 Å². The Balaban J connectivity index is 3.08. The molecule has 82 valence electrons. The fourth-order valence-corrected chi connectivity index (χ4v) is 4.41. The maximum absolute atomic E-state index is 10.8. The van der Waals surface area contributed by atoms with Crippen LogP contribution < -0.4 is 8.48 Å². The molecule has 1 aromatic heterocycles. The van der Waals surface area contributed by atoms with Crippen LogP contribution in [0.4, 0.5) is 10.6 Å². The zero-order valence-corrected chi connectivity index (χ0v) is 12.3. The van der Waals surface area contributed by atoms with Crippen LogP contribution >= 0.6 is 0 Å².